The molecule has 2 aliphatic heterocycles. The number of carbonyl (C=O) groups is 1. The van der Waals surface area contributed by atoms with E-state index in [0.717, 1.165) is 36.6 Å². The average Bonchev–Trinajstić information content (AvgIpc) is 3.12. The summed E-state index contributed by atoms with van der Waals surface area (Å²) in [4.78, 5) is 35.7. The molecule has 0 radical (unpaired) electrons. The van der Waals surface area contributed by atoms with Crippen LogP contribution in [0.2, 0.25) is 0 Å². The van der Waals surface area contributed by atoms with E-state index < -0.39 is 0 Å². The van der Waals surface area contributed by atoms with E-state index in [1.54, 1.807) is 23.2 Å². The van der Waals surface area contributed by atoms with E-state index in [1.807, 2.05) is 54.2 Å². The highest BCUT2D eigenvalue weighted by atomic mass is 32.2. The molecule has 2 fully saturated rings. The van der Waals surface area contributed by atoms with Crippen LogP contribution in [0.5, 0.6) is 0 Å². The molecule has 6 nitrogen and oxygen atoms in total. The van der Waals surface area contributed by atoms with Gasteiger partial charge in [-0.15, -0.1) is 0 Å². The highest BCUT2D eigenvalue weighted by Crippen LogP contribution is 2.34. The van der Waals surface area contributed by atoms with Gasteiger partial charge in [-0.3, -0.25) is 18.9 Å². The molecule has 2 aromatic heterocycles. The van der Waals surface area contributed by atoms with Gasteiger partial charge in [0, 0.05) is 37.3 Å². The summed E-state index contributed by atoms with van der Waals surface area (Å²) in [6.07, 6.45) is 4.12. The summed E-state index contributed by atoms with van der Waals surface area (Å²) in [6, 6.07) is 15.5. The summed E-state index contributed by atoms with van der Waals surface area (Å²) in [5, 5.41) is 0. The molecule has 1 amide bonds. The van der Waals surface area contributed by atoms with Crippen molar-refractivity contribution in [2.75, 3.05) is 36.0 Å². The maximum absolute atomic E-state index is 13.4. The fourth-order valence-corrected chi connectivity index (χ4v) is 6.14. The summed E-state index contributed by atoms with van der Waals surface area (Å²) < 4.78 is 2.05. The Bertz CT molecular complexity index is 1300. The Labute approximate surface area is 205 Å². The summed E-state index contributed by atoms with van der Waals surface area (Å²) in [6.45, 7) is 2.15. The minimum absolute atomic E-state index is 0.154. The van der Waals surface area contributed by atoms with Crippen LogP contribution in [-0.2, 0) is 11.2 Å². The quantitative estimate of drug-likeness (QED) is 0.396. The van der Waals surface area contributed by atoms with Crippen LogP contribution < -0.4 is 10.5 Å². The topological polar surface area (TPSA) is 57.9 Å². The Kier molecular flexibility index (Phi) is 6.52. The van der Waals surface area contributed by atoms with Crippen LogP contribution in [0.4, 0.5) is 5.82 Å². The highest BCUT2D eigenvalue weighted by Gasteiger charge is 2.32. The number of aromatic nitrogens is 2. The second kappa shape index (κ2) is 9.70. The fraction of sp³-hybridized carbons (Fsp3) is 0.250. The summed E-state index contributed by atoms with van der Waals surface area (Å²) >= 11 is 8.66. The van der Waals surface area contributed by atoms with Gasteiger partial charge in [0.15, 0.2) is 0 Å². The normalized spacial score (nSPS) is 18.0. The largest absolute Gasteiger partial charge is 0.354 e. The number of thiocarbonyl (C=S) groups is 1. The van der Waals surface area contributed by atoms with Gasteiger partial charge in [0.25, 0.3) is 11.5 Å². The standard InChI is InChI=1S/C24H22N4O2S3/c29-22-18(21(26-12-14-32-15-13-26)25-20-8-4-5-10-27(20)22)16-19-23(30)28(24(31)33-19)11-9-17-6-2-1-3-7-17/h1-8,10,16H,9,11-15H2/b19-16-. The number of thioether (sulfide) groups is 2. The number of nitrogens with zero attached hydrogens (tertiary/aromatic N) is 4. The smallest absolute Gasteiger partial charge is 0.267 e. The van der Waals surface area contributed by atoms with Crippen molar-refractivity contribution in [3.63, 3.8) is 0 Å². The van der Waals surface area contributed by atoms with E-state index in [9.17, 15) is 9.59 Å². The van der Waals surface area contributed by atoms with Crippen molar-refractivity contribution in [1.82, 2.24) is 14.3 Å². The maximum Gasteiger partial charge on any atom is 0.267 e. The SMILES string of the molecule is O=C1/C(=C/c2c(N3CCSCC3)nc3ccccn3c2=O)SC(=S)N1CCc1ccccc1. The predicted molar refractivity (Wildman–Crippen MR) is 141 cm³/mol. The van der Waals surface area contributed by atoms with Gasteiger partial charge in [-0.1, -0.05) is 60.4 Å². The van der Waals surface area contributed by atoms with Crippen molar-refractivity contribution in [2.24, 2.45) is 0 Å². The number of carbonyl (C=O) groups excluding carboxylic acids is 1. The van der Waals surface area contributed by atoms with Crippen molar-refractivity contribution >= 4 is 63.5 Å². The van der Waals surface area contributed by atoms with Crippen molar-refractivity contribution in [2.45, 2.75) is 6.42 Å². The van der Waals surface area contributed by atoms with Gasteiger partial charge < -0.3 is 4.90 Å². The third-order valence-electron chi connectivity index (χ3n) is 5.68. The Morgan fingerprint density at radius 1 is 1.03 bits per heavy atom. The van der Waals surface area contributed by atoms with E-state index in [4.69, 9.17) is 17.2 Å². The van der Waals surface area contributed by atoms with Gasteiger partial charge in [-0.2, -0.15) is 11.8 Å². The molecule has 0 unspecified atom stereocenters. The summed E-state index contributed by atoms with van der Waals surface area (Å²) in [5.74, 6) is 2.45. The first-order valence-corrected chi connectivity index (χ1v) is 13.1. The van der Waals surface area contributed by atoms with Crippen LogP contribution in [-0.4, -0.2) is 55.7 Å². The number of amides is 1. The van der Waals surface area contributed by atoms with Crippen LogP contribution in [0.1, 0.15) is 11.1 Å². The number of hydrogen-bond donors (Lipinski definition) is 0. The van der Waals surface area contributed by atoms with Gasteiger partial charge in [0.1, 0.15) is 15.8 Å². The third-order valence-corrected chi connectivity index (χ3v) is 8.00. The van der Waals surface area contributed by atoms with E-state index in [2.05, 4.69) is 4.90 Å². The molecule has 0 N–H and O–H groups in total. The molecule has 0 atom stereocenters. The van der Waals surface area contributed by atoms with Crippen LogP contribution in [0, 0.1) is 0 Å². The molecular weight excluding hydrogens is 472 g/mol. The second-order valence-corrected chi connectivity index (χ2v) is 10.7. The molecule has 3 aromatic rings. The maximum atomic E-state index is 13.4. The van der Waals surface area contributed by atoms with Gasteiger partial charge in [0.2, 0.25) is 0 Å². The number of hydrogen-bond acceptors (Lipinski definition) is 7. The third kappa shape index (κ3) is 4.58. The fourth-order valence-electron chi connectivity index (χ4n) is 3.94. The van der Waals surface area contributed by atoms with Crippen molar-refractivity contribution in [3.8, 4) is 0 Å². The van der Waals surface area contributed by atoms with Crippen molar-refractivity contribution in [1.29, 1.82) is 0 Å². The van der Waals surface area contributed by atoms with Gasteiger partial charge >= 0.3 is 0 Å². The Balaban J connectivity index is 1.50. The molecule has 9 heteroatoms. The van der Waals surface area contributed by atoms with E-state index in [1.165, 1.54) is 16.2 Å². The minimum Gasteiger partial charge on any atom is -0.354 e. The minimum atomic E-state index is -0.177. The van der Waals surface area contributed by atoms with Gasteiger partial charge in [-0.05, 0) is 30.2 Å². The number of pyridine rings is 1. The highest BCUT2D eigenvalue weighted by molar-refractivity contribution is 8.26. The molecule has 0 aliphatic carbocycles. The summed E-state index contributed by atoms with van der Waals surface area (Å²) in [5.41, 5.74) is 2.01. The lowest BCUT2D eigenvalue weighted by Gasteiger charge is -2.28. The molecule has 0 spiro atoms. The molecule has 2 aliphatic rings. The Morgan fingerprint density at radius 2 is 1.79 bits per heavy atom. The predicted octanol–water partition coefficient (Wildman–Crippen LogP) is 3.69. The Morgan fingerprint density at radius 3 is 2.58 bits per heavy atom. The molecule has 0 bridgehead atoms. The van der Waals surface area contributed by atoms with Crippen LogP contribution >= 0.6 is 35.7 Å². The van der Waals surface area contributed by atoms with E-state index >= 15 is 0 Å². The molecule has 33 heavy (non-hydrogen) atoms. The zero-order valence-corrected chi connectivity index (χ0v) is 20.3. The molecule has 168 valence electrons. The molecule has 0 saturated carbocycles. The number of anilines is 1. The zero-order valence-electron chi connectivity index (χ0n) is 17.8. The number of benzene rings is 1. The summed E-state index contributed by atoms with van der Waals surface area (Å²) in [7, 11) is 0. The zero-order chi connectivity index (χ0) is 22.8. The van der Waals surface area contributed by atoms with E-state index in [0.29, 0.717) is 32.8 Å². The lowest BCUT2D eigenvalue weighted by molar-refractivity contribution is -0.122. The number of fused-ring (bicyclic) bond motifs is 1. The first-order valence-electron chi connectivity index (χ1n) is 10.8. The van der Waals surface area contributed by atoms with Gasteiger partial charge in [0.05, 0.1) is 10.5 Å². The first-order chi connectivity index (χ1) is 16.1. The molecule has 4 heterocycles. The lowest BCUT2D eigenvalue weighted by Crippen LogP contribution is -2.36. The first kappa shape index (κ1) is 22.2. The molecule has 5 rings (SSSR count). The van der Waals surface area contributed by atoms with Crippen LogP contribution in [0.3, 0.4) is 0 Å². The monoisotopic (exact) mass is 494 g/mol. The van der Waals surface area contributed by atoms with Crippen molar-refractivity contribution < 1.29 is 4.79 Å². The Hall–Kier alpha value is -2.62. The van der Waals surface area contributed by atoms with Crippen LogP contribution in [0.25, 0.3) is 11.7 Å². The lowest BCUT2D eigenvalue weighted by atomic mass is 10.1. The van der Waals surface area contributed by atoms with Gasteiger partial charge in [-0.25, -0.2) is 4.98 Å². The second-order valence-electron chi connectivity index (χ2n) is 7.75. The molecule has 1 aromatic carbocycles. The van der Waals surface area contributed by atoms with E-state index in [-0.39, 0.29) is 11.5 Å². The average molecular weight is 495 g/mol. The molecular formula is C24H22N4O2S3. The molecule has 2 saturated heterocycles. The number of rotatable bonds is 5. The van der Waals surface area contributed by atoms with Crippen molar-refractivity contribution in [3.05, 3.63) is 81.1 Å². The van der Waals surface area contributed by atoms with Crippen LogP contribution in [0.15, 0.2) is 64.4 Å².